The zero-order chi connectivity index (χ0) is 18.5. The molecule has 3 aromatic rings. The van der Waals surface area contributed by atoms with Gasteiger partial charge in [0.1, 0.15) is 11.6 Å². The van der Waals surface area contributed by atoms with Gasteiger partial charge in [-0.2, -0.15) is 10.4 Å². The molecule has 1 heterocycles. The third-order valence-corrected chi connectivity index (χ3v) is 4.37. The normalized spacial score (nSPS) is 10.7. The Hall–Kier alpha value is -2.95. The number of hydrogen-bond donors (Lipinski definition) is 2. The summed E-state index contributed by atoms with van der Waals surface area (Å²) in [4.78, 5) is 19.0. The number of nitrogens with zero attached hydrogens (tertiary/aromatic N) is 3. The lowest BCUT2D eigenvalue weighted by atomic mass is 10.1. The van der Waals surface area contributed by atoms with Crippen LogP contribution >= 0.6 is 27.5 Å². The molecule has 1 aromatic heterocycles. The van der Waals surface area contributed by atoms with Gasteiger partial charge in [0.2, 0.25) is 5.95 Å². The molecule has 0 atom stereocenters. The van der Waals surface area contributed by atoms with Crippen molar-refractivity contribution < 1.29 is 0 Å². The van der Waals surface area contributed by atoms with Crippen LogP contribution in [-0.4, -0.2) is 16.2 Å². The van der Waals surface area contributed by atoms with E-state index in [2.05, 4.69) is 36.4 Å². The van der Waals surface area contributed by atoms with Crippen LogP contribution in [0.4, 0.5) is 5.95 Å². The molecule has 26 heavy (non-hydrogen) atoms. The molecule has 0 fully saturated rings. The number of rotatable bonds is 4. The Kier molecular flexibility index (Phi) is 5.46. The molecule has 0 aliphatic rings. The van der Waals surface area contributed by atoms with E-state index in [1.165, 1.54) is 6.21 Å². The van der Waals surface area contributed by atoms with Crippen molar-refractivity contribution in [1.82, 2.24) is 9.97 Å². The second-order valence-corrected chi connectivity index (χ2v) is 6.44. The highest BCUT2D eigenvalue weighted by molar-refractivity contribution is 9.10. The van der Waals surface area contributed by atoms with Crippen LogP contribution in [0.5, 0.6) is 0 Å². The zero-order valence-corrected chi connectivity index (χ0v) is 15.5. The molecule has 2 N–H and O–H groups in total. The second kappa shape index (κ2) is 7.95. The van der Waals surface area contributed by atoms with E-state index in [4.69, 9.17) is 11.6 Å². The smallest absolute Gasteiger partial charge is 0.270 e. The van der Waals surface area contributed by atoms with Gasteiger partial charge >= 0.3 is 0 Å². The molecule has 0 amide bonds. The van der Waals surface area contributed by atoms with Crippen molar-refractivity contribution in [1.29, 1.82) is 5.26 Å². The molecule has 0 unspecified atom stereocenters. The molecule has 2 aromatic carbocycles. The number of aromatic amines is 1. The standard InChI is InChI=1S/C18H11BrClN5O/c19-15-7-6-13(20)8-12(15)10-22-25-18-23-16(11-4-2-1-3-5-11)14(9-21)17(26)24-18/h1-8,10H,(H2,23,24,25,26). The number of hydrogen-bond acceptors (Lipinski definition) is 5. The average molecular weight is 429 g/mol. The number of aromatic nitrogens is 2. The van der Waals surface area contributed by atoms with Crippen LogP contribution in [0.2, 0.25) is 5.02 Å². The first-order chi connectivity index (χ1) is 12.6. The van der Waals surface area contributed by atoms with Gasteiger partial charge in [0.15, 0.2) is 0 Å². The van der Waals surface area contributed by atoms with Gasteiger partial charge in [-0.3, -0.25) is 9.78 Å². The third-order valence-electron chi connectivity index (χ3n) is 3.41. The lowest BCUT2D eigenvalue weighted by Gasteiger charge is -2.06. The van der Waals surface area contributed by atoms with Crippen LogP contribution in [0.3, 0.4) is 0 Å². The largest absolute Gasteiger partial charge is 0.290 e. The highest BCUT2D eigenvalue weighted by Crippen LogP contribution is 2.20. The molecule has 0 aliphatic carbocycles. The average Bonchev–Trinajstić information content (AvgIpc) is 2.65. The Labute approximate surface area is 162 Å². The highest BCUT2D eigenvalue weighted by Gasteiger charge is 2.12. The molecule has 0 saturated carbocycles. The molecule has 0 radical (unpaired) electrons. The van der Waals surface area contributed by atoms with E-state index >= 15 is 0 Å². The maximum Gasteiger partial charge on any atom is 0.270 e. The van der Waals surface area contributed by atoms with Gasteiger partial charge in [0.25, 0.3) is 5.56 Å². The number of H-pyrrole nitrogens is 1. The number of halogens is 2. The van der Waals surface area contributed by atoms with Crippen molar-refractivity contribution in [2.75, 3.05) is 5.43 Å². The lowest BCUT2D eigenvalue weighted by Crippen LogP contribution is -2.16. The van der Waals surface area contributed by atoms with Crippen LogP contribution in [0.15, 0.2) is 62.9 Å². The topological polar surface area (TPSA) is 93.9 Å². The highest BCUT2D eigenvalue weighted by atomic mass is 79.9. The van der Waals surface area contributed by atoms with E-state index in [1.807, 2.05) is 12.1 Å². The number of nitrogens with one attached hydrogen (secondary N) is 2. The van der Waals surface area contributed by atoms with E-state index in [0.717, 1.165) is 10.0 Å². The molecule has 128 valence electrons. The first-order valence-corrected chi connectivity index (χ1v) is 8.59. The number of benzene rings is 2. The van der Waals surface area contributed by atoms with E-state index < -0.39 is 5.56 Å². The van der Waals surface area contributed by atoms with Crippen molar-refractivity contribution in [3.63, 3.8) is 0 Å². The third kappa shape index (κ3) is 3.99. The number of hydrazone groups is 1. The molecular weight excluding hydrogens is 418 g/mol. The minimum Gasteiger partial charge on any atom is -0.290 e. The Bertz CT molecular complexity index is 1070. The van der Waals surface area contributed by atoms with Gasteiger partial charge in [0.05, 0.1) is 11.9 Å². The first-order valence-electron chi connectivity index (χ1n) is 7.42. The van der Waals surface area contributed by atoms with Crippen LogP contribution in [0.25, 0.3) is 11.3 Å². The van der Waals surface area contributed by atoms with Crippen LogP contribution in [0.1, 0.15) is 11.1 Å². The van der Waals surface area contributed by atoms with Crippen LogP contribution in [-0.2, 0) is 0 Å². The summed E-state index contributed by atoms with van der Waals surface area (Å²) in [6, 6.07) is 16.2. The summed E-state index contributed by atoms with van der Waals surface area (Å²) >= 11 is 9.36. The molecule has 0 aliphatic heterocycles. The quantitative estimate of drug-likeness (QED) is 0.482. The molecule has 0 spiro atoms. The van der Waals surface area contributed by atoms with E-state index in [9.17, 15) is 10.1 Å². The maximum absolute atomic E-state index is 12.2. The first kappa shape index (κ1) is 17.9. The fourth-order valence-corrected chi connectivity index (χ4v) is 2.74. The van der Waals surface area contributed by atoms with Gasteiger partial charge in [-0.25, -0.2) is 10.4 Å². The predicted molar refractivity (Wildman–Crippen MR) is 105 cm³/mol. The SMILES string of the molecule is N#Cc1c(-c2ccccc2)nc(NN=Cc2cc(Cl)ccc2Br)[nH]c1=O. The Morgan fingerprint density at radius 3 is 2.77 bits per heavy atom. The van der Waals surface area contributed by atoms with E-state index in [0.29, 0.717) is 16.3 Å². The molecular formula is C18H11BrClN5O. The Balaban J connectivity index is 1.93. The van der Waals surface area contributed by atoms with E-state index in [-0.39, 0.29) is 11.5 Å². The van der Waals surface area contributed by atoms with Gasteiger partial charge in [-0.1, -0.05) is 57.9 Å². The van der Waals surface area contributed by atoms with Gasteiger partial charge in [0, 0.05) is 20.6 Å². The fraction of sp³-hybridized carbons (Fsp3) is 0. The summed E-state index contributed by atoms with van der Waals surface area (Å²) in [6.07, 6.45) is 1.54. The van der Waals surface area contributed by atoms with Crippen molar-refractivity contribution in [3.8, 4) is 17.3 Å². The number of anilines is 1. The summed E-state index contributed by atoms with van der Waals surface area (Å²) in [6.45, 7) is 0. The fourth-order valence-electron chi connectivity index (χ4n) is 2.21. The molecule has 8 heteroatoms. The molecule has 0 bridgehead atoms. The zero-order valence-electron chi connectivity index (χ0n) is 13.2. The summed E-state index contributed by atoms with van der Waals surface area (Å²) in [7, 11) is 0. The minimum absolute atomic E-state index is 0.0525. The van der Waals surface area contributed by atoms with Crippen LogP contribution in [0, 0.1) is 11.3 Å². The molecule has 0 saturated heterocycles. The minimum atomic E-state index is -0.539. The monoisotopic (exact) mass is 427 g/mol. The Morgan fingerprint density at radius 1 is 1.27 bits per heavy atom. The van der Waals surface area contributed by atoms with Crippen molar-refractivity contribution in [2.45, 2.75) is 0 Å². The summed E-state index contributed by atoms with van der Waals surface area (Å²) in [5, 5.41) is 13.9. The predicted octanol–water partition coefficient (Wildman–Crippen LogP) is 4.17. The summed E-state index contributed by atoms with van der Waals surface area (Å²) < 4.78 is 0.818. The van der Waals surface area contributed by atoms with Crippen LogP contribution < -0.4 is 11.0 Å². The summed E-state index contributed by atoms with van der Waals surface area (Å²) in [5.74, 6) is 0.127. The van der Waals surface area contributed by atoms with Crippen molar-refractivity contribution >= 4 is 39.7 Å². The second-order valence-electron chi connectivity index (χ2n) is 5.15. The molecule has 6 nitrogen and oxygen atoms in total. The number of nitriles is 1. The maximum atomic E-state index is 12.2. The molecule has 3 rings (SSSR count). The van der Waals surface area contributed by atoms with Gasteiger partial charge in [-0.05, 0) is 18.2 Å². The lowest BCUT2D eigenvalue weighted by molar-refractivity contribution is 1.08. The van der Waals surface area contributed by atoms with Gasteiger partial charge < -0.3 is 0 Å². The van der Waals surface area contributed by atoms with Crippen molar-refractivity contribution in [2.24, 2.45) is 5.10 Å². The summed E-state index contributed by atoms with van der Waals surface area (Å²) in [5.41, 5.74) is 3.79. The van der Waals surface area contributed by atoms with E-state index in [1.54, 1.807) is 42.5 Å². The van der Waals surface area contributed by atoms with Gasteiger partial charge in [-0.15, -0.1) is 0 Å². The van der Waals surface area contributed by atoms with Crippen molar-refractivity contribution in [3.05, 3.63) is 79.5 Å². The Morgan fingerprint density at radius 2 is 2.04 bits per heavy atom.